The van der Waals surface area contributed by atoms with Crippen molar-refractivity contribution in [2.24, 2.45) is 11.7 Å². The molecule has 1 aromatic heterocycles. The van der Waals surface area contributed by atoms with Gasteiger partial charge in [0.15, 0.2) is 0 Å². The second kappa shape index (κ2) is 6.51. The highest BCUT2D eigenvalue weighted by molar-refractivity contribution is 7.80. The molecule has 0 saturated heterocycles. The van der Waals surface area contributed by atoms with Gasteiger partial charge in [0.1, 0.15) is 0 Å². The molecule has 5 heteroatoms. The molecule has 0 amide bonds. The summed E-state index contributed by atoms with van der Waals surface area (Å²) in [6.45, 7) is 3.62. The smallest absolute Gasteiger partial charge is 0.217 e. The molecule has 0 aliphatic carbocycles. The average molecular weight is 253 g/mol. The molecule has 0 radical (unpaired) electrons. The minimum absolute atomic E-state index is 0.206. The number of methoxy groups -OCH3 is 1. The zero-order valence-electron chi connectivity index (χ0n) is 10.5. The Labute approximate surface area is 108 Å². The number of pyridine rings is 1. The first kappa shape index (κ1) is 13.9. The van der Waals surface area contributed by atoms with Gasteiger partial charge in [-0.2, -0.15) is 0 Å². The molecule has 1 rings (SSSR count). The zero-order valence-corrected chi connectivity index (χ0v) is 11.3. The molecule has 4 nitrogen and oxygen atoms in total. The van der Waals surface area contributed by atoms with Gasteiger partial charge in [0, 0.05) is 30.8 Å². The Hall–Kier alpha value is -1.20. The molecule has 0 fully saturated rings. The topological polar surface area (TPSA) is 51.4 Å². The minimum Gasteiger partial charge on any atom is -0.481 e. The summed E-state index contributed by atoms with van der Waals surface area (Å²) in [4.78, 5) is 6.87. The van der Waals surface area contributed by atoms with Crippen LogP contribution in [0, 0.1) is 5.92 Å². The van der Waals surface area contributed by atoms with E-state index in [2.05, 4.69) is 9.88 Å². The maximum Gasteiger partial charge on any atom is 0.217 e. The molecule has 1 atom stereocenters. The third-order valence-corrected chi connectivity index (χ3v) is 2.96. The van der Waals surface area contributed by atoms with Crippen molar-refractivity contribution >= 4 is 17.2 Å². The maximum absolute atomic E-state index is 5.60. The van der Waals surface area contributed by atoms with Gasteiger partial charge in [-0.25, -0.2) is 4.98 Å². The van der Waals surface area contributed by atoms with E-state index in [4.69, 9.17) is 22.7 Å². The highest BCUT2D eigenvalue weighted by Gasteiger charge is 2.11. The Morgan fingerprint density at radius 3 is 2.94 bits per heavy atom. The molecule has 94 valence electrons. The first-order valence-electron chi connectivity index (χ1n) is 5.50. The Balaban J connectivity index is 2.61. The van der Waals surface area contributed by atoms with Gasteiger partial charge >= 0.3 is 0 Å². The minimum atomic E-state index is 0.206. The largest absolute Gasteiger partial charge is 0.481 e. The van der Waals surface area contributed by atoms with Gasteiger partial charge in [-0.15, -0.1) is 0 Å². The van der Waals surface area contributed by atoms with Crippen LogP contribution in [0.3, 0.4) is 0 Å². The van der Waals surface area contributed by atoms with Crippen molar-refractivity contribution in [2.75, 3.05) is 20.7 Å². The zero-order chi connectivity index (χ0) is 12.8. The van der Waals surface area contributed by atoms with Crippen molar-refractivity contribution in [3.8, 4) is 5.88 Å². The third kappa shape index (κ3) is 4.28. The molecule has 1 heterocycles. The van der Waals surface area contributed by atoms with E-state index >= 15 is 0 Å². The second-order valence-electron chi connectivity index (χ2n) is 4.17. The van der Waals surface area contributed by atoms with Crippen molar-refractivity contribution in [2.45, 2.75) is 13.5 Å². The van der Waals surface area contributed by atoms with Crippen LogP contribution in [0.1, 0.15) is 12.5 Å². The Morgan fingerprint density at radius 2 is 2.35 bits per heavy atom. The summed E-state index contributed by atoms with van der Waals surface area (Å²) in [5, 5.41) is 0. The summed E-state index contributed by atoms with van der Waals surface area (Å²) in [7, 11) is 3.66. The van der Waals surface area contributed by atoms with E-state index < -0.39 is 0 Å². The molecule has 0 aliphatic rings. The van der Waals surface area contributed by atoms with Gasteiger partial charge in [0.25, 0.3) is 0 Å². The van der Waals surface area contributed by atoms with Crippen molar-refractivity contribution in [3.63, 3.8) is 0 Å². The van der Waals surface area contributed by atoms with Crippen LogP contribution in [-0.4, -0.2) is 35.6 Å². The van der Waals surface area contributed by atoms with Crippen LogP contribution < -0.4 is 10.5 Å². The number of nitrogens with two attached hydrogens (primary N) is 1. The van der Waals surface area contributed by atoms with E-state index in [-0.39, 0.29) is 5.92 Å². The molecule has 0 bridgehead atoms. The predicted octanol–water partition coefficient (Wildman–Crippen LogP) is 1.44. The number of hydrogen-bond acceptors (Lipinski definition) is 4. The van der Waals surface area contributed by atoms with Gasteiger partial charge in [-0.05, 0) is 13.1 Å². The number of thiocarbonyl (C=S) groups is 1. The highest BCUT2D eigenvalue weighted by Crippen LogP contribution is 2.15. The van der Waals surface area contributed by atoms with Crippen molar-refractivity contribution < 1.29 is 4.74 Å². The molecule has 17 heavy (non-hydrogen) atoms. The highest BCUT2D eigenvalue weighted by atomic mass is 32.1. The molecule has 1 aromatic rings. The molecular weight excluding hydrogens is 234 g/mol. The first-order chi connectivity index (χ1) is 8.04. The molecule has 0 saturated carbocycles. The SMILES string of the molecule is COc1ncccc1CN(C)CC(C)C(N)=S. The summed E-state index contributed by atoms with van der Waals surface area (Å²) in [6.07, 6.45) is 1.72. The van der Waals surface area contributed by atoms with E-state index in [1.807, 2.05) is 26.1 Å². The number of aromatic nitrogens is 1. The van der Waals surface area contributed by atoms with Gasteiger partial charge in [-0.3, -0.25) is 0 Å². The standard InChI is InChI=1S/C12H19N3OS/c1-9(11(13)17)7-15(2)8-10-5-4-6-14-12(10)16-3/h4-6,9H,7-8H2,1-3H3,(H2,13,17). The Bertz CT molecular complexity index is 384. The van der Waals surface area contributed by atoms with Crippen LogP contribution in [0.5, 0.6) is 5.88 Å². The number of ether oxygens (including phenoxy) is 1. The van der Waals surface area contributed by atoms with Crippen LogP contribution in [0.2, 0.25) is 0 Å². The van der Waals surface area contributed by atoms with Gasteiger partial charge < -0.3 is 15.4 Å². The fraction of sp³-hybridized carbons (Fsp3) is 0.500. The molecule has 0 spiro atoms. The average Bonchev–Trinajstić information content (AvgIpc) is 2.29. The monoisotopic (exact) mass is 253 g/mol. The third-order valence-electron chi connectivity index (χ3n) is 2.55. The second-order valence-corrected chi connectivity index (χ2v) is 4.64. The lowest BCUT2D eigenvalue weighted by atomic mass is 10.1. The molecule has 2 N–H and O–H groups in total. The summed E-state index contributed by atoms with van der Waals surface area (Å²) in [5.41, 5.74) is 6.66. The van der Waals surface area contributed by atoms with Gasteiger partial charge in [0.2, 0.25) is 5.88 Å². The van der Waals surface area contributed by atoms with Crippen LogP contribution in [-0.2, 0) is 6.54 Å². The van der Waals surface area contributed by atoms with Gasteiger partial charge in [-0.1, -0.05) is 25.2 Å². The van der Waals surface area contributed by atoms with E-state index in [9.17, 15) is 0 Å². The molecule has 0 aliphatic heterocycles. The maximum atomic E-state index is 5.60. The molecule has 1 unspecified atom stereocenters. The van der Waals surface area contributed by atoms with Crippen LogP contribution in [0.15, 0.2) is 18.3 Å². The lowest BCUT2D eigenvalue weighted by molar-refractivity contribution is 0.298. The van der Waals surface area contributed by atoms with E-state index in [0.717, 1.165) is 18.7 Å². The number of nitrogens with zero attached hydrogens (tertiary/aromatic N) is 2. The van der Waals surface area contributed by atoms with E-state index in [0.29, 0.717) is 10.9 Å². The van der Waals surface area contributed by atoms with Crippen molar-refractivity contribution in [1.29, 1.82) is 0 Å². The summed E-state index contributed by atoms with van der Waals surface area (Å²) in [6, 6.07) is 3.91. The number of hydrogen-bond donors (Lipinski definition) is 1. The Morgan fingerprint density at radius 1 is 1.65 bits per heavy atom. The first-order valence-corrected chi connectivity index (χ1v) is 5.91. The molecule has 0 aromatic carbocycles. The predicted molar refractivity (Wildman–Crippen MR) is 73.1 cm³/mol. The van der Waals surface area contributed by atoms with Crippen LogP contribution >= 0.6 is 12.2 Å². The summed E-state index contributed by atoms with van der Waals surface area (Å²) in [5.74, 6) is 0.875. The van der Waals surface area contributed by atoms with Gasteiger partial charge in [0.05, 0.1) is 12.1 Å². The van der Waals surface area contributed by atoms with Crippen LogP contribution in [0.25, 0.3) is 0 Å². The normalized spacial score (nSPS) is 12.5. The van der Waals surface area contributed by atoms with Crippen molar-refractivity contribution in [1.82, 2.24) is 9.88 Å². The van der Waals surface area contributed by atoms with E-state index in [1.165, 1.54) is 0 Å². The summed E-state index contributed by atoms with van der Waals surface area (Å²) >= 11 is 4.96. The van der Waals surface area contributed by atoms with Crippen molar-refractivity contribution in [3.05, 3.63) is 23.9 Å². The fourth-order valence-corrected chi connectivity index (χ4v) is 1.72. The number of rotatable bonds is 6. The summed E-state index contributed by atoms with van der Waals surface area (Å²) < 4.78 is 5.21. The van der Waals surface area contributed by atoms with E-state index in [1.54, 1.807) is 13.3 Å². The van der Waals surface area contributed by atoms with Crippen LogP contribution in [0.4, 0.5) is 0 Å². The molecular formula is C12H19N3OS. The lowest BCUT2D eigenvalue weighted by Gasteiger charge is -2.21. The lowest BCUT2D eigenvalue weighted by Crippen LogP contribution is -2.31. The quantitative estimate of drug-likeness (QED) is 0.778. The Kier molecular flexibility index (Phi) is 5.31. The fourth-order valence-electron chi connectivity index (χ4n) is 1.64.